The summed E-state index contributed by atoms with van der Waals surface area (Å²) in [5.41, 5.74) is 0.473. The molecule has 2 aliphatic rings. The van der Waals surface area contributed by atoms with Crippen LogP contribution in [0.5, 0.6) is 0 Å². The number of hydrogen-bond acceptors (Lipinski definition) is 6. The minimum absolute atomic E-state index is 0.0902. The highest BCUT2D eigenvalue weighted by atomic mass is 32.1. The molecule has 0 unspecified atom stereocenters. The van der Waals surface area contributed by atoms with E-state index in [9.17, 15) is 14.4 Å². The molecular formula is C25H20O5S. The second kappa shape index (κ2) is 8.12. The van der Waals surface area contributed by atoms with Crippen molar-refractivity contribution in [3.63, 3.8) is 0 Å². The van der Waals surface area contributed by atoms with Gasteiger partial charge in [0.15, 0.2) is 5.78 Å². The molecule has 1 aromatic heterocycles. The van der Waals surface area contributed by atoms with Crippen LogP contribution in [-0.2, 0) is 14.3 Å². The number of benzene rings is 2. The van der Waals surface area contributed by atoms with Crippen LogP contribution in [0.15, 0.2) is 72.8 Å². The summed E-state index contributed by atoms with van der Waals surface area (Å²) < 4.78 is 12.3. The maximum Gasteiger partial charge on any atom is 0.338 e. The molecule has 1 aliphatic carbocycles. The van der Waals surface area contributed by atoms with Crippen LogP contribution in [0.1, 0.15) is 32.9 Å². The van der Waals surface area contributed by atoms with Crippen molar-refractivity contribution in [2.45, 2.75) is 25.0 Å². The van der Waals surface area contributed by atoms with E-state index in [0.717, 1.165) is 10.1 Å². The van der Waals surface area contributed by atoms with Crippen LogP contribution < -0.4 is 0 Å². The van der Waals surface area contributed by atoms with Gasteiger partial charge in [-0.2, -0.15) is 0 Å². The van der Waals surface area contributed by atoms with Crippen LogP contribution in [0, 0.1) is 11.8 Å². The van der Waals surface area contributed by atoms with E-state index >= 15 is 0 Å². The van der Waals surface area contributed by atoms with Crippen LogP contribution in [0.2, 0.25) is 0 Å². The second-order valence-electron chi connectivity index (χ2n) is 7.89. The third-order valence-electron chi connectivity index (χ3n) is 5.96. The molecule has 1 aliphatic heterocycles. The molecule has 2 fully saturated rings. The zero-order valence-corrected chi connectivity index (χ0v) is 17.4. The van der Waals surface area contributed by atoms with E-state index < -0.39 is 12.1 Å². The van der Waals surface area contributed by atoms with E-state index in [2.05, 4.69) is 0 Å². The third kappa shape index (κ3) is 3.91. The molecule has 0 radical (unpaired) electrons. The number of carbonyl (C=O) groups is 3. The lowest BCUT2D eigenvalue weighted by Gasteiger charge is -2.20. The minimum Gasteiger partial charge on any atom is -0.462 e. The molecule has 5 nitrogen and oxygen atoms in total. The predicted molar refractivity (Wildman–Crippen MR) is 117 cm³/mol. The highest BCUT2D eigenvalue weighted by Gasteiger charge is 2.50. The van der Waals surface area contributed by atoms with E-state index in [0.29, 0.717) is 16.9 Å². The Kier molecular flexibility index (Phi) is 5.16. The molecule has 2 aromatic carbocycles. The van der Waals surface area contributed by atoms with Crippen molar-refractivity contribution in [2.75, 3.05) is 0 Å². The van der Waals surface area contributed by atoms with Crippen molar-refractivity contribution in [3.05, 3.63) is 83.3 Å². The first-order chi connectivity index (χ1) is 15.1. The summed E-state index contributed by atoms with van der Waals surface area (Å²) in [6, 6.07) is 18.6. The van der Waals surface area contributed by atoms with Gasteiger partial charge in [0.05, 0.1) is 16.9 Å². The van der Waals surface area contributed by atoms with Crippen LogP contribution in [0.3, 0.4) is 0 Å². The zero-order chi connectivity index (χ0) is 21.4. The number of allylic oxidation sites excluding steroid dienone is 1. The van der Waals surface area contributed by atoms with E-state index in [1.807, 2.05) is 36.4 Å². The van der Waals surface area contributed by atoms with Gasteiger partial charge in [-0.3, -0.25) is 9.59 Å². The summed E-state index contributed by atoms with van der Waals surface area (Å²) in [6.45, 7) is 0. The van der Waals surface area contributed by atoms with Gasteiger partial charge < -0.3 is 9.47 Å². The number of rotatable bonds is 5. The summed E-state index contributed by atoms with van der Waals surface area (Å²) in [5.74, 6) is -1.08. The fraction of sp³-hybridized carbons (Fsp3) is 0.240. The maximum atomic E-state index is 12.8. The Hall–Kier alpha value is -3.25. The van der Waals surface area contributed by atoms with Crippen molar-refractivity contribution in [1.29, 1.82) is 0 Å². The Labute approximate surface area is 183 Å². The average Bonchev–Trinajstić information content (AvgIpc) is 3.45. The van der Waals surface area contributed by atoms with Crippen molar-refractivity contribution >= 4 is 39.1 Å². The van der Waals surface area contributed by atoms with Gasteiger partial charge in [-0.1, -0.05) is 42.5 Å². The first-order valence-corrected chi connectivity index (χ1v) is 11.1. The number of ketones is 1. The number of carbonyl (C=O) groups excluding carboxylic acids is 3. The SMILES string of the molecule is O=C1C[C@@H]2[C@@H](/C=C/C(=O)c3cc4ccccc4s3)[C@H](OC(=O)c3ccccc3)C[C@@H]2O1. The summed E-state index contributed by atoms with van der Waals surface area (Å²) in [7, 11) is 0. The average molecular weight is 432 g/mol. The monoisotopic (exact) mass is 432 g/mol. The zero-order valence-electron chi connectivity index (χ0n) is 16.6. The lowest BCUT2D eigenvalue weighted by Crippen LogP contribution is -2.24. The summed E-state index contributed by atoms with van der Waals surface area (Å²) in [4.78, 5) is 37.8. The summed E-state index contributed by atoms with van der Waals surface area (Å²) >= 11 is 1.45. The second-order valence-corrected chi connectivity index (χ2v) is 8.97. The molecular weight excluding hydrogens is 412 g/mol. The standard InChI is InChI=1S/C25H20O5S/c26-19(23-12-16-8-4-5-9-22(16)31-23)11-10-17-18-13-24(27)29-21(18)14-20(17)30-25(28)15-6-2-1-3-7-15/h1-12,17-18,20-21H,13-14H2/b11-10+/t17-,18-,20-,21+/m1/s1. The maximum absolute atomic E-state index is 12.8. The van der Waals surface area contributed by atoms with Gasteiger partial charge in [0.25, 0.3) is 0 Å². The number of fused-ring (bicyclic) bond motifs is 2. The van der Waals surface area contributed by atoms with E-state index in [1.54, 1.807) is 36.4 Å². The third-order valence-corrected chi connectivity index (χ3v) is 7.09. The van der Waals surface area contributed by atoms with Gasteiger partial charge in [0.2, 0.25) is 0 Å². The lowest BCUT2D eigenvalue weighted by atomic mass is 9.91. The van der Waals surface area contributed by atoms with Crippen molar-refractivity contribution in [3.8, 4) is 0 Å². The first kappa shape index (κ1) is 19.7. The van der Waals surface area contributed by atoms with E-state index in [-0.39, 0.29) is 36.1 Å². The molecule has 156 valence electrons. The smallest absolute Gasteiger partial charge is 0.338 e. The molecule has 1 saturated carbocycles. The van der Waals surface area contributed by atoms with E-state index in [1.165, 1.54) is 11.3 Å². The van der Waals surface area contributed by atoms with Gasteiger partial charge in [-0.05, 0) is 35.7 Å². The molecule has 0 N–H and O–H groups in total. The van der Waals surface area contributed by atoms with Crippen molar-refractivity contribution in [2.24, 2.45) is 11.8 Å². The molecule has 1 saturated heterocycles. The lowest BCUT2D eigenvalue weighted by molar-refractivity contribution is -0.141. The molecule has 2 heterocycles. The molecule has 31 heavy (non-hydrogen) atoms. The normalized spacial score (nSPS) is 25.0. The van der Waals surface area contributed by atoms with Gasteiger partial charge >= 0.3 is 11.9 Å². The van der Waals surface area contributed by atoms with Gasteiger partial charge in [-0.25, -0.2) is 4.79 Å². The number of thiophene rings is 1. The van der Waals surface area contributed by atoms with Crippen LogP contribution in [0.4, 0.5) is 0 Å². The van der Waals surface area contributed by atoms with Crippen molar-refractivity contribution in [1.82, 2.24) is 0 Å². The summed E-state index contributed by atoms with van der Waals surface area (Å²) in [5, 5.41) is 1.04. The highest BCUT2D eigenvalue weighted by molar-refractivity contribution is 7.21. The van der Waals surface area contributed by atoms with Crippen LogP contribution in [0.25, 0.3) is 10.1 Å². The number of hydrogen-bond donors (Lipinski definition) is 0. The van der Waals surface area contributed by atoms with Crippen molar-refractivity contribution < 1.29 is 23.9 Å². The molecule has 5 rings (SSSR count). The fourth-order valence-electron chi connectivity index (χ4n) is 4.45. The van der Waals surface area contributed by atoms with Gasteiger partial charge in [0.1, 0.15) is 12.2 Å². The largest absolute Gasteiger partial charge is 0.462 e. The molecule has 0 spiro atoms. The minimum atomic E-state index is -0.442. The number of esters is 2. The Morgan fingerprint density at radius 2 is 1.84 bits per heavy atom. The molecule has 3 aromatic rings. The highest BCUT2D eigenvalue weighted by Crippen LogP contribution is 2.43. The first-order valence-electron chi connectivity index (χ1n) is 10.2. The van der Waals surface area contributed by atoms with Gasteiger partial charge in [0, 0.05) is 23.0 Å². The number of ether oxygens (including phenoxy) is 2. The Balaban J connectivity index is 1.36. The molecule has 0 bridgehead atoms. The van der Waals surface area contributed by atoms with E-state index in [4.69, 9.17) is 9.47 Å². The predicted octanol–water partition coefficient (Wildman–Crippen LogP) is 4.82. The van der Waals surface area contributed by atoms with Crippen LogP contribution >= 0.6 is 11.3 Å². The molecule has 6 heteroatoms. The Morgan fingerprint density at radius 3 is 2.65 bits per heavy atom. The van der Waals surface area contributed by atoms with Gasteiger partial charge in [-0.15, -0.1) is 11.3 Å². The Morgan fingerprint density at radius 1 is 1.06 bits per heavy atom. The fourth-order valence-corrected chi connectivity index (χ4v) is 5.44. The Bertz CT molecular complexity index is 1150. The topological polar surface area (TPSA) is 69.7 Å². The quantitative estimate of drug-likeness (QED) is 0.329. The van der Waals surface area contributed by atoms with Crippen LogP contribution in [-0.4, -0.2) is 29.9 Å². The molecule has 4 atom stereocenters. The summed E-state index contributed by atoms with van der Waals surface area (Å²) in [6.07, 6.45) is 3.33. The molecule has 0 amide bonds.